The highest BCUT2D eigenvalue weighted by molar-refractivity contribution is 7.45. The van der Waals surface area contributed by atoms with E-state index in [1.54, 1.807) is 0 Å². The van der Waals surface area contributed by atoms with E-state index < -0.39 is 26.5 Å². The summed E-state index contributed by atoms with van der Waals surface area (Å²) in [4.78, 5) is 38.2. The Hall–Kier alpha value is -4.89. The smallest absolute Gasteiger partial charge is 0.306 e. The first-order valence-electron chi connectivity index (χ1n) is 38.5. The summed E-state index contributed by atoms with van der Waals surface area (Å²) in [6.45, 7) is 4.00. The number of quaternary nitrogens is 1. The van der Waals surface area contributed by atoms with Crippen molar-refractivity contribution < 1.29 is 42.1 Å². The second-order valence-corrected chi connectivity index (χ2v) is 27.7. The number of unbranched alkanes of at least 4 members (excludes halogenated alkanes) is 25. The van der Waals surface area contributed by atoms with Crippen molar-refractivity contribution in [2.24, 2.45) is 0 Å². The Morgan fingerprint density at radius 1 is 0.323 bits per heavy atom. The van der Waals surface area contributed by atoms with E-state index in [-0.39, 0.29) is 32.0 Å². The second kappa shape index (κ2) is 74.3. The monoisotopic (exact) mass is 1350 g/mol. The molecule has 0 radical (unpaired) electrons. The van der Waals surface area contributed by atoms with Crippen LogP contribution >= 0.6 is 7.82 Å². The van der Waals surface area contributed by atoms with Crippen LogP contribution in [0.1, 0.15) is 296 Å². The molecule has 0 N–H and O–H groups in total. The summed E-state index contributed by atoms with van der Waals surface area (Å²) in [5.41, 5.74) is 0. The number of phosphoric acid groups is 1. The van der Waals surface area contributed by atoms with E-state index in [0.717, 1.165) is 148 Å². The predicted molar refractivity (Wildman–Crippen MR) is 415 cm³/mol. The van der Waals surface area contributed by atoms with E-state index >= 15 is 0 Å². The molecule has 0 spiro atoms. The lowest BCUT2D eigenvalue weighted by atomic mass is 10.0. The van der Waals surface area contributed by atoms with Crippen molar-refractivity contribution in [1.29, 1.82) is 0 Å². The third kappa shape index (κ3) is 78.1. The molecule has 0 aromatic carbocycles. The van der Waals surface area contributed by atoms with Gasteiger partial charge in [-0.25, -0.2) is 0 Å². The van der Waals surface area contributed by atoms with Crippen LogP contribution in [-0.4, -0.2) is 70.0 Å². The molecular formula is C86H142NO8P. The average molecular weight is 1350 g/mol. The Kier molecular flexibility index (Phi) is 70.5. The van der Waals surface area contributed by atoms with Crippen molar-refractivity contribution in [2.75, 3.05) is 47.5 Å². The summed E-state index contributed by atoms with van der Waals surface area (Å²) in [5, 5.41) is 0. The number of carbonyl (C=O) groups excluding carboxylic acids is 2. The molecule has 0 saturated heterocycles. The lowest BCUT2D eigenvalue weighted by molar-refractivity contribution is -0.870. The first-order valence-corrected chi connectivity index (χ1v) is 40.0. The summed E-state index contributed by atoms with van der Waals surface area (Å²) in [6, 6.07) is 0. The van der Waals surface area contributed by atoms with Crippen LogP contribution in [0.3, 0.4) is 0 Å². The highest BCUT2D eigenvalue weighted by Gasteiger charge is 2.22. The van der Waals surface area contributed by atoms with Gasteiger partial charge in [-0.2, -0.15) is 0 Å². The molecule has 0 bridgehead atoms. The van der Waals surface area contributed by atoms with Crippen LogP contribution in [0.15, 0.2) is 182 Å². The summed E-state index contributed by atoms with van der Waals surface area (Å²) in [7, 11) is 1.14. The van der Waals surface area contributed by atoms with Gasteiger partial charge in [0.2, 0.25) is 0 Å². The number of allylic oxidation sites excluding steroid dienone is 30. The topological polar surface area (TPSA) is 111 Å². The molecule has 0 fully saturated rings. The predicted octanol–water partition coefficient (Wildman–Crippen LogP) is 25.2. The van der Waals surface area contributed by atoms with Crippen molar-refractivity contribution in [3.8, 4) is 0 Å². The normalized spacial score (nSPS) is 14.1. The molecule has 10 heteroatoms. The molecule has 2 atom stereocenters. The summed E-state index contributed by atoms with van der Waals surface area (Å²) in [6.07, 6.45) is 114. The molecule has 0 aliphatic carbocycles. The Labute approximate surface area is 591 Å². The fraction of sp³-hybridized carbons (Fsp3) is 0.628. The van der Waals surface area contributed by atoms with Gasteiger partial charge in [-0.05, 0) is 135 Å². The zero-order chi connectivity index (χ0) is 69.7. The molecular weight excluding hydrogens is 1210 g/mol. The number of esters is 2. The first kappa shape index (κ1) is 91.1. The Morgan fingerprint density at radius 2 is 0.562 bits per heavy atom. The zero-order valence-electron chi connectivity index (χ0n) is 62.0. The second-order valence-electron chi connectivity index (χ2n) is 26.3. The molecule has 0 aromatic rings. The van der Waals surface area contributed by atoms with E-state index in [4.69, 9.17) is 18.5 Å². The number of ether oxygens (including phenoxy) is 2. The van der Waals surface area contributed by atoms with Gasteiger partial charge in [0, 0.05) is 12.8 Å². The van der Waals surface area contributed by atoms with E-state index in [1.807, 2.05) is 21.1 Å². The fourth-order valence-corrected chi connectivity index (χ4v) is 10.9. The Morgan fingerprint density at radius 3 is 0.833 bits per heavy atom. The van der Waals surface area contributed by atoms with E-state index in [0.29, 0.717) is 17.4 Å². The van der Waals surface area contributed by atoms with Crippen molar-refractivity contribution in [3.63, 3.8) is 0 Å². The van der Waals surface area contributed by atoms with Crippen LogP contribution in [0.5, 0.6) is 0 Å². The molecule has 0 saturated carbocycles. The van der Waals surface area contributed by atoms with E-state index in [1.165, 1.54) is 116 Å². The third-order valence-corrected chi connectivity index (χ3v) is 16.9. The van der Waals surface area contributed by atoms with E-state index in [2.05, 4.69) is 196 Å². The summed E-state index contributed by atoms with van der Waals surface area (Å²) < 4.78 is 34.4. The number of phosphoric ester groups is 1. The van der Waals surface area contributed by atoms with Crippen molar-refractivity contribution in [2.45, 2.75) is 302 Å². The van der Waals surface area contributed by atoms with E-state index in [9.17, 15) is 19.0 Å². The molecule has 0 amide bonds. The number of likely N-dealkylation sites (N-methyl/N-ethyl adjacent to an activating group) is 1. The lowest BCUT2D eigenvalue weighted by Crippen LogP contribution is -2.37. The standard InChI is InChI=1S/C86H142NO8P/c1-6-8-10-12-14-16-18-20-22-24-26-28-30-32-34-36-38-39-40-41-42-43-44-45-46-47-49-51-53-55-57-59-61-63-65-67-69-71-73-75-77-79-86(89)95-84(83-94-96(90,91)93-81-80-87(3,4)5)82-92-85(88)78-76-74-72-70-68-66-64-62-60-58-56-54-52-50-48-37-35-33-31-29-27-25-23-21-19-17-15-13-11-9-7-2/h8-11,14-17,20-23,26-29,32,34,38-39,41-42,44-45,47,49,53,55,59,61,84H,6-7,12-13,18-19,24-25,30-31,33,35-37,40,43,46,48,50-52,54,56-58,60,62-83H2,1-5H3/b10-8-,11-9-,16-14-,17-15-,22-20-,23-21-,28-26-,29-27-,34-32-,39-38-,42-41-,45-44-,49-47-,55-53-,61-59-. The molecule has 9 nitrogen and oxygen atoms in total. The van der Waals surface area contributed by atoms with Crippen LogP contribution in [0, 0.1) is 0 Å². The van der Waals surface area contributed by atoms with Gasteiger partial charge in [0.25, 0.3) is 7.82 Å². The molecule has 0 aromatic heterocycles. The number of carbonyl (C=O) groups is 2. The van der Waals surface area contributed by atoms with Crippen LogP contribution < -0.4 is 4.89 Å². The quantitative estimate of drug-likeness (QED) is 0.0195. The number of nitrogens with zero attached hydrogens (tertiary/aromatic N) is 1. The van der Waals surface area contributed by atoms with Crippen molar-refractivity contribution >= 4 is 19.8 Å². The van der Waals surface area contributed by atoms with Crippen molar-refractivity contribution in [3.05, 3.63) is 182 Å². The molecule has 0 aliphatic heterocycles. The van der Waals surface area contributed by atoms with Crippen molar-refractivity contribution in [1.82, 2.24) is 0 Å². The van der Waals surface area contributed by atoms with Gasteiger partial charge in [0.05, 0.1) is 27.7 Å². The van der Waals surface area contributed by atoms with Gasteiger partial charge < -0.3 is 27.9 Å². The van der Waals surface area contributed by atoms with Gasteiger partial charge in [0.15, 0.2) is 6.10 Å². The maximum atomic E-state index is 12.9. The molecule has 2 unspecified atom stereocenters. The van der Waals surface area contributed by atoms with Gasteiger partial charge in [0.1, 0.15) is 19.8 Å². The maximum absolute atomic E-state index is 12.9. The number of hydrogen-bond acceptors (Lipinski definition) is 8. The summed E-state index contributed by atoms with van der Waals surface area (Å²) in [5.74, 6) is -0.849. The Bertz CT molecular complexity index is 2280. The minimum absolute atomic E-state index is 0.0408. The first-order chi connectivity index (χ1) is 47.0. The number of rotatable bonds is 69. The fourth-order valence-electron chi connectivity index (χ4n) is 10.1. The highest BCUT2D eigenvalue weighted by atomic mass is 31.2. The van der Waals surface area contributed by atoms with Crippen LogP contribution in [-0.2, 0) is 32.7 Å². The highest BCUT2D eigenvalue weighted by Crippen LogP contribution is 2.38. The third-order valence-electron chi connectivity index (χ3n) is 15.9. The molecule has 0 rings (SSSR count). The van der Waals surface area contributed by atoms with Gasteiger partial charge in [-0.3, -0.25) is 14.2 Å². The van der Waals surface area contributed by atoms with Gasteiger partial charge >= 0.3 is 11.9 Å². The SMILES string of the molecule is CC/C=C\C/C=C\C/C=C\C/C=C\C/C=C\C/C=C\C/C=C\C/C=C\C/C=C\C/C=C\C/C=C\CCCCCCCCCC(=O)OC(COC(=O)CCCCCCCCCCCCCCCCCCCC/C=C\C/C=C\C/C=C\C/C=C\CC)COP(=O)([O-])OCC[N+](C)(C)C. The van der Waals surface area contributed by atoms with Gasteiger partial charge in [-0.1, -0.05) is 331 Å². The van der Waals surface area contributed by atoms with Crippen LogP contribution in [0.4, 0.5) is 0 Å². The number of hydrogen-bond donors (Lipinski definition) is 0. The molecule has 544 valence electrons. The maximum Gasteiger partial charge on any atom is 0.306 e. The summed E-state index contributed by atoms with van der Waals surface area (Å²) >= 11 is 0. The van der Waals surface area contributed by atoms with Crippen LogP contribution in [0.25, 0.3) is 0 Å². The Balaban J connectivity index is 4.09. The van der Waals surface area contributed by atoms with Crippen LogP contribution in [0.2, 0.25) is 0 Å². The van der Waals surface area contributed by atoms with Gasteiger partial charge in [-0.15, -0.1) is 0 Å². The minimum Gasteiger partial charge on any atom is -0.756 e. The molecule has 0 aliphatic rings. The molecule has 96 heavy (non-hydrogen) atoms. The zero-order valence-corrected chi connectivity index (χ0v) is 62.9. The molecule has 0 heterocycles. The largest absolute Gasteiger partial charge is 0.756 e. The lowest BCUT2D eigenvalue weighted by Gasteiger charge is -2.28. The average Bonchev–Trinajstić information content (AvgIpc) is 2.54. The minimum atomic E-state index is -4.66.